The van der Waals surface area contributed by atoms with Gasteiger partial charge in [-0.2, -0.15) is 0 Å². The summed E-state index contributed by atoms with van der Waals surface area (Å²) in [7, 11) is 0. The van der Waals surface area contributed by atoms with E-state index in [-0.39, 0.29) is 18.4 Å². The van der Waals surface area contributed by atoms with Gasteiger partial charge in [-0.15, -0.1) is 0 Å². The first-order valence-corrected chi connectivity index (χ1v) is 12.8. The lowest BCUT2D eigenvalue weighted by Crippen LogP contribution is -2.32. The molecule has 4 rings (SSSR count). The maximum atomic E-state index is 12.9. The average molecular weight is 473 g/mol. The number of hydrogen-bond acceptors (Lipinski definition) is 3. The summed E-state index contributed by atoms with van der Waals surface area (Å²) in [4.78, 5) is 25.7. The number of nitrogens with zero attached hydrogens (tertiary/aromatic N) is 1. The van der Waals surface area contributed by atoms with Crippen molar-refractivity contribution in [2.75, 3.05) is 19.6 Å². The van der Waals surface area contributed by atoms with Crippen LogP contribution in [0.4, 0.5) is 0 Å². The molecule has 5 heteroatoms. The average Bonchev–Trinajstić information content (AvgIpc) is 3.27. The van der Waals surface area contributed by atoms with E-state index in [2.05, 4.69) is 79.0 Å². The number of carboxylic acids is 1. The third-order valence-corrected chi connectivity index (χ3v) is 7.28. The summed E-state index contributed by atoms with van der Waals surface area (Å²) in [5.74, 6) is 0.120. The summed E-state index contributed by atoms with van der Waals surface area (Å²) in [6.45, 7) is 4.59. The zero-order chi connectivity index (χ0) is 24.6. The molecule has 3 atom stereocenters. The van der Waals surface area contributed by atoms with Crippen molar-refractivity contribution in [3.8, 4) is 0 Å². The molecule has 1 amide bonds. The lowest BCUT2D eigenvalue weighted by molar-refractivity contribution is -0.137. The molecule has 1 heterocycles. The molecule has 35 heavy (non-hydrogen) atoms. The SMILES string of the molecule is C[C@@H](NCC1CN(C(=O)CCCCC(=O)O)CC1Cc1ccccc1)c1cccc2ccccc12. The van der Waals surface area contributed by atoms with Gasteiger partial charge in [-0.3, -0.25) is 9.59 Å². The Labute approximate surface area is 208 Å². The van der Waals surface area contributed by atoms with Crippen molar-refractivity contribution >= 4 is 22.6 Å². The molecule has 1 aliphatic heterocycles. The lowest BCUT2D eigenvalue weighted by Gasteiger charge is -2.23. The second-order valence-electron chi connectivity index (χ2n) is 9.81. The predicted molar refractivity (Wildman–Crippen MR) is 140 cm³/mol. The monoisotopic (exact) mass is 472 g/mol. The number of carboxylic acid groups (broad SMARTS) is 1. The first-order valence-electron chi connectivity index (χ1n) is 12.8. The van der Waals surface area contributed by atoms with Gasteiger partial charge >= 0.3 is 5.97 Å². The molecule has 1 fully saturated rings. The number of carbonyl (C=O) groups excluding carboxylic acids is 1. The first-order chi connectivity index (χ1) is 17.0. The quantitative estimate of drug-likeness (QED) is 0.364. The molecule has 2 N–H and O–H groups in total. The van der Waals surface area contributed by atoms with Crippen molar-refractivity contribution in [3.05, 3.63) is 83.9 Å². The number of rotatable bonds is 11. The molecule has 5 nitrogen and oxygen atoms in total. The number of fused-ring (bicyclic) bond motifs is 1. The summed E-state index contributed by atoms with van der Waals surface area (Å²) in [6.07, 6.45) is 2.70. The fourth-order valence-electron chi connectivity index (χ4n) is 5.30. The molecule has 184 valence electrons. The Balaban J connectivity index is 1.41. The normalized spacial score (nSPS) is 18.6. The highest BCUT2D eigenvalue weighted by Gasteiger charge is 2.35. The highest BCUT2D eigenvalue weighted by Crippen LogP contribution is 2.29. The Morgan fingerprint density at radius 1 is 0.914 bits per heavy atom. The van der Waals surface area contributed by atoms with Crippen LogP contribution in [0.2, 0.25) is 0 Å². The van der Waals surface area contributed by atoms with Crippen LogP contribution in [0.15, 0.2) is 72.8 Å². The van der Waals surface area contributed by atoms with E-state index in [1.54, 1.807) is 0 Å². The fraction of sp³-hybridized carbons (Fsp3) is 0.400. The highest BCUT2D eigenvalue weighted by atomic mass is 16.4. The van der Waals surface area contributed by atoms with Gasteiger partial charge in [0.25, 0.3) is 0 Å². The highest BCUT2D eigenvalue weighted by molar-refractivity contribution is 5.86. The van der Waals surface area contributed by atoms with E-state index in [1.807, 2.05) is 11.0 Å². The predicted octanol–water partition coefficient (Wildman–Crippen LogP) is 5.45. The van der Waals surface area contributed by atoms with Gasteiger partial charge in [0.15, 0.2) is 0 Å². The molecule has 0 bridgehead atoms. The Bertz CT molecular complexity index is 1130. The summed E-state index contributed by atoms with van der Waals surface area (Å²) in [6, 6.07) is 25.7. The van der Waals surface area contributed by atoms with Crippen LogP contribution in [0.5, 0.6) is 0 Å². The summed E-state index contributed by atoms with van der Waals surface area (Å²) >= 11 is 0. The number of amides is 1. The van der Waals surface area contributed by atoms with Gasteiger partial charge in [-0.25, -0.2) is 0 Å². The zero-order valence-corrected chi connectivity index (χ0v) is 20.5. The number of benzene rings is 3. The van der Waals surface area contributed by atoms with Crippen LogP contribution >= 0.6 is 0 Å². The minimum Gasteiger partial charge on any atom is -0.481 e. The van der Waals surface area contributed by atoms with Gasteiger partial charge < -0.3 is 15.3 Å². The molecule has 0 radical (unpaired) electrons. The van der Waals surface area contributed by atoms with E-state index in [0.717, 1.165) is 26.1 Å². The third-order valence-electron chi connectivity index (χ3n) is 7.28. The molecular formula is C30H36N2O3. The van der Waals surface area contributed by atoms with Crippen LogP contribution in [0.25, 0.3) is 10.8 Å². The number of aliphatic carboxylic acids is 1. The molecule has 0 aromatic heterocycles. The van der Waals surface area contributed by atoms with Gasteiger partial charge in [0.1, 0.15) is 0 Å². The third kappa shape index (κ3) is 6.70. The molecule has 0 saturated carbocycles. The summed E-state index contributed by atoms with van der Waals surface area (Å²) in [5.41, 5.74) is 2.60. The lowest BCUT2D eigenvalue weighted by atomic mass is 9.89. The molecule has 1 aliphatic rings. The van der Waals surface area contributed by atoms with Crippen LogP contribution in [0.3, 0.4) is 0 Å². The van der Waals surface area contributed by atoms with E-state index < -0.39 is 5.97 Å². The standard InChI is InChI=1S/C30H36N2O3/c1-22(27-15-9-13-24-12-5-6-14-28(24)27)31-19-26-21-32(29(33)16-7-8-17-30(34)35)20-25(26)18-23-10-3-2-4-11-23/h2-6,9-15,22,25-26,31H,7-8,16-21H2,1H3,(H,34,35)/t22-,25?,26?/m1/s1. The van der Waals surface area contributed by atoms with Gasteiger partial charge in [0.2, 0.25) is 5.91 Å². The number of nitrogens with one attached hydrogen (secondary N) is 1. The molecule has 3 aromatic carbocycles. The Morgan fingerprint density at radius 2 is 1.60 bits per heavy atom. The van der Waals surface area contributed by atoms with Crippen molar-refractivity contribution in [3.63, 3.8) is 0 Å². The van der Waals surface area contributed by atoms with Crippen molar-refractivity contribution in [2.24, 2.45) is 11.8 Å². The minimum absolute atomic E-state index is 0.127. The zero-order valence-electron chi connectivity index (χ0n) is 20.5. The molecule has 2 unspecified atom stereocenters. The molecule has 3 aromatic rings. The Morgan fingerprint density at radius 3 is 2.40 bits per heavy atom. The second kappa shape index (κ2) is 12.0. The molecular weight excluding hydrogens is 436 g/mol. The van der Waals surface area contributed by atoms with Gasteiger partial charge in [-0.1, -0.05) is 72.8 Å². The van der Waals surface area contributed by atoms with Gasteiger partial charge in [0, 0.05) is 38.5 Å². The number of carbonyl (C=O) groups is 2. The Hall–Kier alpha value is -3.18. The number of hydrogen-bond donors (Lipinski definition) is 2. The van der Waals surface area contributed by atoms with E-state index in [0.29, 0.717) is 31.1 Å². The summed E-state index contributed by atoms with van der Waals surface area (Å²) in [5, 5.41) is 15.1. The van der Waals surface area contributed by atoms with Crippen molar-refractivity contribution in [1.82, 2.24) is 10.2 Å². The fourth-order valence-corrected chi connectivity index (χ4v) is 5.30. The van der Waals surface area contributed by atoms with Crippen molar-refractivity contribution in [1.29, 1.82) is 0 Å². The van der Waals surface area contributed by atoms with E-state index in [4.69, 9.17) is 5.11 Å². The van der Waals surface area contributed by atoms with E-state index >= 15 is 0 Å². The van der Waals surface area contributed by atoms with Gasteiger partial charge in [0.05, 0.1) is 0 Å². The minimum atomic E-state index is -0.798. The van der Waals surface area contributed by atoms with Crippen molar-refractivity contribution in [2.45, 2.75) is 45.1 Å². The van der Waals surface area contributed by atoms with Crippen LogP contribution < -0.4 is 5.32 Å². The second-order valence-corrected chi connectivity index (χ2v) is 9.81. The number of likely N-dealkylation sites (tertiary alicyclic amines) is 1. The maximum Gasteiger partial charge on any atom is 0.303 e. The van der Waals surface area contributed by atoms with Crippen LogP contribution in [-0.4, -0.2) is 41.5 Å². The van der Waals surface area contributed by atoms with Crippen molar-refractivity contribution < 1.29 is 14.7 Å². The molecule has 1 saturated heterocycles. The molecule has 0 spiro atoms. The first kappa shape index (κ1) is 24.9. The van der Waals surface area contributed by atoms with Crippen LogP contribution in [0.1, 0.15) is 49.8 Å². The smallest absolute Gasteiger partial charge is 0.303 e. The molecule has 0 aliphatic carbocycles. The van der Waals surface area contributed by atoms with Gasteiger partial charge in [-0.05, 0) is 59.9 Å². The van der Waals surface area contributed by atoms with Crippen LogP contribution in [-0.2, 0) is 16.0 Å². The summed E-state index contributed by atoms with van der Waals surface area (Å²) < 4.78 is 0. The largest absolute Gasteiger partial charge is 0.481 e. The topological polar surface area (TPSA) is 69.6 Å². The number of unbranched alkanes of at least 4 members (excludes halogenated alkanes) is 1. The van der Waals surface area contributed by atoms with E-state index in [1.165, 1.54) is 21.9 Å². The van der Waals surface area contributed by atoms with Crippen LogP contribution in [0, 0.1) is 11.8 Å². The maximum absolute atomic E-state index is 12.9. The Kier molecular flexibility index (Phi) is 8.54. The van der Waals surface area contributed by atoms with E-state index in [9.17, 15) is 9.59 Å².